The van der Waals surface area contributed by atoms with Crippen LogP contribution in [0.5, 0.6) is 0 Å². The third kappa shape index (κ3) is 1.68. The number of hydrogen-bond acceptors (Lipinski definition) is 3. The van der Waals surface area contributed by atoms with Crippen molar-refractivity contribution in [3.8, 4) is 0 Å². The van der Waals surface area contributed by atoms with Crippen molar-refractivity contribution in [2.75, 3.05) is 0 Å². The third-order valence-corrected chi connectivity index (χ3v) is 3.07. The number of nitro groups is 1. The molecule has 13 heavy (non-hydrogen) atoms. The standard InChI is InChI=1S/C8H14N3O2/c1-8(2)6(10-9)4-3-5-7(8)11(12)13/h6-7H,3-5H2,1-2H3/q-1. The van der Waals surface area contributed by atoms with Gasteiger partial charge in [-0.1, -0.05) is 13.8 Å². The Kier molecular flexibility index (Phi) is 2.63. The molecule has 0 spiro atoms. The molecular weight excluding hydrogens is 170 g/mol. The van der Waals surface area contributed by atoms with E-state index in [1.807, 2.05) is 0 Å². The third-order valence-electron chi connectivity index (χ3n) is 3.07. The van der Waals surface area contributed by atoms with Crippen LogP contribution in [0.3, 0.4) is 0 Å². The van der Waals surface area contributed by atoms with E-state index in [4.69, 9.17) is 5.53 Å². The highest BCUT2D eigenvalue weighted by Gasteiger charge is 2.46. The van der Waals surface area contributed by atoms with Crippen LogP contribution in [0.15, 0.2) is 5.11 Å². The summed E-state index contributed by atoms with van der Waals surface area (Å²) < 4.78 is 0. The first kappa shape index (κ1) is 10.1. The summed E-state index contributed by atoms with van der Waals surface area (Å²) >= 11 is 0. The van der Waals surface area contributed by atoms with E-state index in [9.17, 15) is 10.1 Å². The lowest BCUT2D eigenvalue weighted by Crippen LogP contribution is -2.46. The molecule has 0 aromatic carbocycles. The Bertz CT molecular complexity index is 227. The number of hydrogen-bond donors (Lipinski definition) is 0. The van der Waals surface area contributed by atoms with Crippen molar-refractivity contribution in [3.63, 3.8) is 0 Å². The Hall–Kier alpha value is -1.00. The molecule has 2 atom stereocenters. The first-order valence-corrected chi connectivity index (χ1v) is 4.48. The van der Waals surface area contributed by atoms with Crippen LogP contribution in [-0.2, 0) is 0 Å². The first-order valence-electron chi connectivity index (χ1n) is 4.48. The second kappa shape index (κ2) is 3.40. The fourth-order valence-electron chi connectivity index (χ4n) is 2.05. The fourth-order valence-corrected chi connectivity index (χ4v) is 2.05. The van der Waals surface area contributed by atoms with Crippen LogP contribution in [0.1, 0.15) is 33.1 Å². The molecule has 0 aliphatic heterocycles. The molecule has 1 aliphatic rings. The Morgan fingerprint density at radius 3 is 2.62 bits per heavy atom. The molecule has 0 amide bonds. The SMILES string of the molecule is CC1(C)C(N=[N-])CCCC1[N+](=O)[O-]. The van der Waals surface area contributed by atoms with E-state index < -0.39 is 11.5 Å². The largest absolute Gasteiger partial charge is 0.712 e. The molecule has 5 heteroatoms. The molecule has 0 saturated heterocycles. The smallest absolute Gasteiger partial charge is 0.220 e. The lowest BCUT2D eigenvalue weighted by atomic mass is 9.70. The first-order chi connectivity index (χ1) is 6.00. The molecule has 74 valence electrons. The van der Waals surface area contributed by atoms with E-state index in [1.165, 1.54) is 0 Å². The maximum atomic E-state index is 10.7. The Morgan fingerprint density at radius 2 is 2.15 bits per heavy atom. The minimum atomic E-state index is -0.581. The molecule has 1 rings (SSSR count). The van der Waals surface area contributed by atoms with Crippen LogP contribution in [0.4, 0.5) is 0 Å². The van der Waals surface area contributed by atoms with Crippen molar-refractivity contribution in [1.82, 2.24) is 0 Å². The van der Waals surface area contributed by atoms with E-state index in [-0.39, 0.29) is 11.0 Å². The summed E-state index contributed by atoms with van der Waals surface area (Å²) in [6.07, 6.45) is 2.10. The highest BCUT2D eigenvalue weighted by Crippen LogP contribution is 2.39. The Morgan fingerprint density at radius 1 is 1.54 bits per heavy atom. The van der Waals surface area contributed by atoms with Gasteiger partial charge in [0.1, 0.15) is 0 Å². The van der Waals surface area contributed by atoms with Crippen LogP contribution >= 0.6 is 0 Å². The highest BCUT2D eigenvalue weighted by atomic mass is 16.6. The molecular formula is C8H14N3O2-. The highest BCUT2D eigenvalue weighted by molar-refractivity contribution is 4.93. The predicted molar refractivity (Wildman–Crippen MR) is 48.0 cm³/mol. The summed E-state index contributed by atoms with van der Waals surface area (Å²) in [5.74, 6) is 0. The van der Waals surface area contributed by atoms with Crippen LogP contribution < -0.4 is 0 Å². The van der Waals surface area contributed by atoms with Gasteiger partial charge >= 0.3 is 0 Å². The lowest BCUT2D eigenvalue weighted by Gasteiger charge is -2.39. The molecule has 2 unspecified atom stereocenters. The molecule has 5 nitrogen and oxygen atoms in total. The summed E-state index contributed by atoms with van der Waals surface area (Å²) in [6, 6.07) is -0.876. The summed E-state index contributed by atoms with van der Waals surface area (Å²) in [4.78, 5) is 10.5. The molecule has 0 bridgehead atoms. The van der Waals surface area contributed by atoms with Gasteiger partial charge < -0.3 is 10.6 Å². The summed E-state index contributed by atoms with van der Waals surface area (Å²) in [6.45, 7) is 3.59. The molecule has 0 aromatic rings. The zero-order valence-electron chi connectivity index (χ0n) is 7.93. The van der Waals surface area contributed by atoms with E-state index in [0.29, 0.717) is 6.42 Å². The van der Waals surface area contributed by atoms with Crippen molar-refractivity contribution >= 4 is 0 Å². The number of nitrogens with zero attached hydrogens (tertiary/aromatic N) is 3. The van der Waals surface area contributed by atoms with Crippen LogP contribution in [-0.4, -0.2) is 17.0 Å². The summed E-state index contributed by atoms with van der Waals surface area (Å²) in [5.41, 5.74) is 8.20. The van der Waals surface area contributed by atoms with Gasteiger partial charge in [-0.25, -0.2) is 0 Å². The van der Waals surface area contributed by atoms with Gasteiger partial charge in [0.25, 0.3) is 0 Å². The van der Waals surface area contributed by atoms with Crippen LogP contribution in [0.2, 0.25) is 0 Å². The van der Waals surface area contributed by atoms with E-state index in [1.54, 1.807) is 13.8 Å². The number of rotatable bonds is 2. The van der Waals surface area contributed by atoms with Crippen LogP contribution in [0.25, 0.3) is 5.53 Å². The average molecular weight is 184 g/mol. The molecule has 1 saturated carbocycles. The van der Waals surface area contributed by atoms with Gasteiger partial charge in [-0.05, 0) is 12.8 Å². The molecule has 0 N–H and O–H groups in total. The molecule has 0 heterocycles. The van der Waals surface area contributed by atoms with Crippen molar-refractivity contribution in [2.24, 2.45) is 10.5 Å². The lowest BCUT2D eigenvalue weighted by molar-refractivity contribution is -0.545. The van der Waals surface area contributed by atoms with Gasteiger partial charge in [0.15, 0.2) is 0 Å². The topological polar surface area (TPSA) is 77.8 Å². The van der Waals surface area contributed by atoms with Gasteiger partial charge in [0, 0.05) is 17.4 Å². The molecule has 1 fully saturated rings. The Balaban J connectivity index is 2.86. The van der Waals surface area contributed by atoms with Crippen molar-refractivity contribution < 1.29 is 4.92 Å². The maximum Gasteiger partial charge on any atom is 0.220 e. The fraction of sp³-hybridized carbons (Fsp3) is 1.00. The second-order valence-electron chi connectivity index (χ2n) is 4.18. The zero-order chi connectivity index (χ0) is 10.1. The van der Waals surface area contributed by atoms with Gasteiger partial charge in [-0.3, -0.25) is 10.1 Å². The van der Waals surface area contributed by atoms with E-state index >= 15 is 0 Å². The van der Waals surface area contributed by atoms with Gasteiger partial charge in [-0.15, -0.1) is 0 Å². The quantitative estimate of drug-likeness (QED) is 0.374. The molecule has 0 radical (unpaired) electrons. The summed E-state index contributed by atoms with van der Waals surface area (Å²) in [5, 5.41) is 13.9. The second-order valence-corrected chi connectivity index (χ2v) is 4.18. The van der Waals surface area contributed by atoms with Crippen molar-refractivity contribution in [2.45, 2.75) is 45.2 Å². The average Bonchev–Trinajstić information content (AvgIpc) is 2.02. The van der Waals surface area contributed by atoms with Gasteiger partial charge in [0.05, 0.1) is 5.41 Å². The van der Waals surface area contributed by atoms with Crippen LogP contribution in [0, 0.1) is 15.5 Å². The van der Waals surface area contributed by atoms with Crippen molar-refractivity contribution in [3.05, 3.63) is 15.6 Å². The van der Waals surface area contributed by atoms with Gasteiger partial charge in [0.2, 0.25) is 6.04 Å². The van der Waals surface area contributed by atoms with E-state index in [2.05, 4.69) is 5.11 Å². The maximum absolute atomic E-state index is 10.7. The molecule has 1 aliphatic carbocycles. The predicted octanol–water partition coefficient (Wildman–Crippen LogP) is 2.23. The minimum Gasteiger partial charge on any atom is -0.712 e. The molecule has 0 aromatic heterocycles. The monoisotopic (exact) mass is 184 g/mol. The Labute approximate surface area is 77.2 Å². The van der Waals surface area contributed by atoms with Crippen molar-refractivity contribution in [1.29, 1.82) is 0 Å². The zero-order valence-corrected chi connectivity index (χ0v) is 7.93. The normalized spacial score (nSPS) is 32.5. The minimum absolute atomic E-state index is 0.253. The van der Waals surface area contributed by atoms with Gasteiger partial charge in [-0.2, -0.15) is 0 Å². The van der Waals surface area contributed by atoms with E-state index in [0.717, 1.165) is 12.8 Å². The summed E-state index contributed by atoms with van der Waals surface area (Å²) in [7, 11) is 0.